The second kappa shape index (κ2) is 2.79. The Morgan fingerprint density at radius 1 is 1.69 bits per heavy atom. The molecule has 0 saturated heterocycles. The van der Waals surface area contributed by atoms with Crippen LogP contribution >= 0.6 is 0 Å². The van der Waals surface area contributed by atoms with Gasteiger partial charge >= 0.3 is 5.97 Å². The van der Waals surface area contributed by atoms with Crippen LogP contribution in [-0.4, -0.2) is 20.9 Å². The molecule has 0 bridgehead atoms. The van der Waals surface area contributed by atoms with Gasteiger partial charge in [0.15, 0.2) is 5.69 Å². The Balaban J connectivity index is 3.18. The van der Waals surface area contributed by atoms with Gasteiger partial charge in [-0.05, 0) is 0 Å². The molecule has 0 spiro atoms. The summed E-state index contributed by atoms with van der Waals surface area (Å²) in [7, 11) is 1.28. The molecule has 0 atom stereocenters. The van der Waals surface area contributed by atoms with E-state index in [1.165, 1.54) is 7.05 Å². The molecule has 0 fully saturated rings. The summed E-state index contributed by atoms with van der Waals surface area (Å²) in [6.07, 6.45) is 0. The van der Waals surface area contributed by atoms with Crippen LogP contribution in [0, 0.1) is 0 Å². The van der Waals surface area contributed by atoms with E-state index >= 15 is 0 Å². The third-order valence-electron chi connectivity index (χ3n) is 1.55. The topological polar surface area (TPSA) is 55.1 Å². The molecule has 4 nitrogen and oxygen atoms in total. The van der Waals surface area contributed by atoms with E-state index in [1.807, 2.05) is 0 Å². The predicted octanol–water partition coefficient (Wildman–Crippen LogP) is 1.23. The summed E-state index contributed by atoms with van der Waals surface area (Å²) in [5.74, 6) is -4.39. The van der Waals surface area contributed by atoms with Crippen molar-refractivity contribution in [2.75, 3.05) is 0 Å². The van der Waals surface area contributed by atoms with Gasteiger partial charge in [-0.3, -0.25) is 4.68 Å². The molecule has 1 aromatic rings. The van der Waals surface area contributed by atoms with Crippen LogP contribution in [0.2, 0.25) is 0 Å². The minimum absolute atomic E-state index is 0.376. The average molecular weight is 190 g/mol. The Morgan fingerprint density at radius 3 is 2.46 bits per heavy atom. The summed E-state index contributed by atoms with van der Waals surface area (Å²) >= 11 is 0. The highest BCUT2D eigenvalue weighted by Crippen LogP contribution is 2.26. The van der Waals surface area contributed by atoms with Crippen molar-refractivity contribution in [1.29, 1.82) is 0 Å². The fourth-order valence-corrected chi connectivity index (χ4v) is 0.983. The van der Waals surface area contributed by atoms with Gasteiger partial charge in [0.25, 0.3) is 5.92 Å². The number of hydrogen-bond acceptors (Lipinski definition) is 2. The molecule has 0 saturated carbocycles. The molecular weight excluding hydrogens is 182 g/mol. The minimum Gasteiger partial charge on any atom is -0.476 e. The van der Waals surface area contributed by atoms with Gasteiger partial charge in [-0.15, -0.1) is 0 Å². The molecule has 0 unspecified atom stereocenters. The molecule has 72 valence electrons. The number of rotatable bonds is 2. The number of aromatic nitrogens is 2. The number of carboxylic acids is 1. The van der Waals surface area contributed by atoms with E-state index in [4.69, 9.17) is 5.11 Å². The standard InChI is InChI=1S/C7H8F2N2O2/c1-7(8,9)5-3-4(6(12)13)10-11(5)2/h3H,1-2H3,(H,12,13). The van der Waals surface area contributed by atoms with E-state index in [9.17, 15) is 13.6 Å². The third kappa shape index (κ3) is 1.82. The SMILES string of the molecule is Cn1nc(C(=O)O)cc1C(C)(F)F. The van der Waals surface area contributed by atoms with Crippen LogP contribution < -0.4 is 0 Å². The number of nitrogens with zero attached hydrogens (tertiary/aromatic N) is 2. The highest BCUT2D eigenvalue weighted by Gasteiger charge is 2.30. The van der Waals surface area contributed by atoms with Crippen LogP contribution in [0.25, 0.3) is 0 Å². The summed E-state index contributed by atoms with van der Waals surface area (Å²) in [6.45, 7) is 0.690. The van der Waals surface area contributed by atoms with Gasteiger partial charge in [-0.1, -0.05) is 0 Å². The van der Waals surface area contributed by atoms with E-state index in [0.717, 1.165) is 10.7 Å². The molecule has 6 heteroatoms. The second-order valence-electron chi connectivity index (χ2n) is 2.73. The maximum Gasteiger partial charge on any atom is 0.356 e. The molecule has 0 aliphatic carbocycles. The third-order valence-corrected chi connectivity index (χ3v) is 1.55. The summed E-state index contributed by atoms with van der Waals surface area (Å²) in [5.41, 5.74) is -0.788. The van der Waals surface area contributed by atoms with Crippen LogP contribution in [0.15, 0.2) is 6.07 Å². The largest absolute Gasteiger partial charge is 0.476 e. The first-order valence-corrected chi connectivity index (χ1v) is 3.48. The van der Waals surface area contributed by atoms with Gasteiger partial charge in [0.05, 0.1) is 0 Å². The predicted molar refractivity (Wildman–Crippen MR) is 39.7 cm³/mol. The zero-order chi connectivity index (χ0) is 10.2. The minimum atomic E-state index is -3.07. The van der Waals surface area contributed by atoms with Crippen LogP contribution in [0.4, 0.5) is 8.78 Å². The number of carboxylic acid groups (broad SMARTS) is 1. The maximum absolute atomic E-state index is 12.7. The Hall–Kier alpha value is -1.46. The smallest absolute Gasteiger partial charge is 0.356 e. The van der Waals surface area contributed by atoms with Crippen molar-refractivity contribution in [3.63, 3.8) is 0 Å². The molecule has 0 aromatic carbocycles. The van der Waals surface area contributed by atoms with E-state index in [-0.39, 0.29) is 5.69 Å². The second-order valence-corrected chi connectivity index (χ2v) is 2.73. The van der Waals surface area contributed by atoms with Crippen LogP contribution in [0.1, 0.15) is 23.1 Å². The van der Waals surface area contributed by atoms with Crippen molar-refractivity contribution < 1.29 is 18.7 Å². The summed E-state index contributed by atoms with van der Waals surface area (Å²) in [5, 5.41) is 11.9. The highest BCUT2D eigenvalue weighted by atomic mass is 19.3. The number of alkyl halides is 2. The Bertz CT molecular complexity index is 341. The van der Waals surface area contributed by atoms with Gasteiger partial charge < -0.3 is 5.11 Å². The first-order chi connectivity index (χ1) is 5.82. The van der Waals surface area contributed by atoms with E-state index in [2.05, 4.69) is 5.10 Å². The molecular formula is C7H8F2N2O2. The van der Waals surface area contributed by atoms with Gasteiger partial charge in [0, 0.05) is 20.0 Å². The quantitative estimate of drug-likeness (QED) is 0.763. The van der Waals surface area contributed by atoms with Crippen molar-refractivity contribution in [1.82, 2.24) is 9.78 Å². The van der Waals surface area contributed by atoms with Gasteiger partial charge in [0.2, 0.25) is 0 Å². The lowest BCUT2D eigenvalue weighted by molar-refractivity contribution is 0.00883. The maximum atomic E-state index is 12.7. The highest BCUT2D eigenvalue weighted by molar-refractivity contribution is 5.85. The summed E-state index contributed by atoms with van der Waals surface area (Å²) in [6, 6.07) is 0.863. The molecule has 1 heterocycles. The Labute approximate surface area is 72.8 Å². The molecule has 1 rings (SSSR count). The Kier molecular flexibility index (Phi) is 2.07. The van der Waals surface area contributed by atoms with Crippen LogP contribution in [0.3, 0.4) is 0 Å². The molecule has 1 aromatic heterocycles. The zero-order valence-corrected chi connectivity index (χ0v) is 7.08. The number of carbonyl (C=O) groups is 1. The number of aryl methyl sites for hydroxylation is 1. The lowest BCUT2D eigenvalue weighted by Crippen LogP contribution is -2.12. The van der Waals surface area contributed by atoms with Crippen LogP contribution in [-0.2, 0) is 13.0 Å². The monoisotopic (exact) mass is 190 g/mol. The number of aromatic carboxylic acids is 1. The van der Waals surface area contributed by atoms with Crippen molar-refractivity contribution in [2.24, 2.45) is 7.05 Å². The summed E-state index contributed by atoms with van der Waals surface area (Å²) in [4.78, 5) is 10.4. The van der Waals surface area contributed by atoms with Gasteiger partial charge in [0.1, 0.15) is 5.69 Å². The molecule has 13 heavy (non-hydrogen) atoms. The normalized spacial score (nSPS) is 11.7. The van der Waals surface area contributed by atoms with Crippen molar-refractivity contribution in [2.45, 2.75) is 12.8 Å². The summed E-state index contributed by atoms with van der Waals surface area (Å²) < 4.78 is 26.3. The average Bonchev–Trinajstić information content (AvgIpc) is 2.29. The molecule has 0 aliphatic heterocycles. The first kappa shape index (κ1) is 9.63. The fraction of sp³-hybridized carbons (Fsp3) is 0.429. The van der Waals surface area contributed by atoms with Gasteiger partial charge in [-0.2, -0.15) is 13.9 Å². The van der Waals surface area contributed by atoms with Crippen molar-refractivity contribution >= 4 is 5.97 Å². The molecule has 0 radical (unpaired) electrons. The van der Waals surface area contributed by atoms with E-state index in [1.54, 1.807) is 0 Å². The van der Waals surface area contributed by atoms with Crippen LogP contribution in [0.5, 0.6) is 0 Å². The lowest BCUT2D eigenvalue weighted by atomic mass is 10.2. The number of halogens is 2. The number of hydrogen-bond donors (Lipinski definition) is 1. The zero-order valence-electron chi connectivity index (χ0n) is 7.08. The fourth-order valence-electron chi connectivity index (χ4n) is 0.983. The van der Waals surface area contributed by atoms with Gasteiger partial charge in [-0.25, -0.2) is 4.79 Å². The molecule has 1 N–H and O–H groups in total. The first-order valence-electron chi connectivity index (χ1n) is 3.48. The van der Waals surface area contributed by atoms with Crippen molar-refractivity contribution in [3.8, 4) is 0 Å². The molecule has 0 aliphatic rings. The van der Waals surface area contributed by atoms with E-state index in [0.29, 0.717) is 6.92 Å². The Morgan fingerprint density at radius 2 is 2.23 bits per heavy atom. The lowest BCUT2D eigenvalue weighted by Gasteiger charge is -2.08. The van der Waals surface area contributed by atoms with Crippen molar-refractivity contribution in [3.05, 3.63) is 17.5 Å². The van der Waals surface area contributed by atoms with E-state index < -0.39 is 17.6 Å². The molecule has 0 amide bonds.